The standard InChI is InChI=1S/C11H7Cl2NO3S/c12-7-2-1-5(3-8(7)13)6(4-15)9-10(16)18-11(17)14-9/h1-3,15H,4H2,(H,14,17). The van der Waals surface area contributed by atoms with Crippen LogP contribution in [0.3, 0.4) is 0 Å². The monoisotopic (exact) mass is 303 g/mol. The number of thioether (sulfide) groups is 1. The Morgan fingerprint density at radius 3 is 2.50 bits per heavy atom. The number of rotatable bonds is 2. The van der Waals surface area contributed by atoms with Gasteiger partial charge >= 0.3 is 0 Å². The van der Waals surface area contributed by atoms with Crippen molar-refractivity contribution in [1.29, 1.82) is 0 Å². The maximum Gasteiger partial charge on any atom is 0.291 e. The highest BCUT2D eigenvalue weighted by Crippen LogP contribution is 2.30. The van der Waals surface area contributed by atoms with E-state index in [9.17, 15) is 14.7 Å². The largest absolute Gasteiger partial charge is 0.392 e. The Bertz CT molecular complexity index is 571. The fourth-order valence-corrected chi connectivity index (χ4v) is 2.41. The first kappa shape index (κ1) is 13.4. The molecule has 1 aromatic carbocycles. The van der Waals surface area contributed by atoms with Gasteiger partial charge in [-0.15, -0.1) is 0 Å². The van der Waals surface area contributed by atoms with Gasteiger partial charge < -0.3 is 10.4 Å². The topological polar surface area (TPSA) is 66.4 Å². The number of hydrogen-bond donors (Lipinski definition) is 2. The lowest BCUT2D eigenvalue weighted by atomic mass is 10.0. The lowest BCUT2D eigenvalue weighted by molar-refractivity contribution is -0.107. The van der Waals surface area contributed by atoms with E-state index >= 15 is 0 Å². The number of nitrogens with one attached hydrogen (secondary N) is 1. The molecule has 0 atom stereocenters. The van der Waals surface area contributed by atoms with Crippen LogP contribution in [-0.4, -0.2) is 22.1 Å². The van der Waals surface area contributed by atoms with Gasteiger partial charge in [0.15, 0.2) is 0 Å². The van der Waals surface area contributed by atoms with E-state index in [4.69, 9.17) is 23.2 Å². The first-order valence-corrected chi connectivity index (χ1v) is 6.42. The number of aliphatic hydroxyl groups excluding tert-OH is 1. The van der Waals surface area contributed by atoms with E-state index < -0.39 is 10.4 Å². The lowest BCUT2D eigenvalue weighted by Gasteiger charge is -2.08. The predicted molar refractivity (Wildman–Crippen MR) is 71.6 cm³/mol. The van der Waals surface area contributed by atoms with Crippen molar-refractivity contribution in [2.24, 2.45) is 0 Å². The van der Waals surface area contributed by atoms with Crippen molar-refractivity contribution in [2.45, 2.75) is 0 Å². The molecule has 18 heavy (non-hydrogen) atoms. The molecule has 4 nitrogen and oxygen atoms in total. The average molecular weight is 304 g/mol. The van der Waals surface area contributed by atoms with Crippen LogP contribution in [0, 0.1) is 0 Å². The molecule has 1 fully saturated rings. The van der Waals surface area contributed by atoms with Crippen LogP contribution in [-0.2, 0) is 4.79 Å². The zero-order valence-electron chi connectivity index (χ0n) is 8.87. The van der Waals surface area contributed by atoms with E-state index in [0.717, 1.165) is 0 Å². The quantitative estimate of drug-likeness (QED) is 0.824. The number of benzene rings is 1. The van der Waals surface area contributed by atoms with Gasteiger partial charge in [0, 0.05) is 17.3 Å². The zero-order valence-corrected chi connectivity index (χ0v) is 11.2. The minimum Gasteiger partial charge on any atom is -0.392 e. The van der Waals surface area contributed by atoms with E-state index in [0.29, 0.717) is 32.9 Å². The Kier molecular flexibility index (Phi) is 3.97. The van der Waals surface area contributed by atoms with Crippen molar-refractivity contribution < 1.29 is 14.7 Å². The molecule has 0 aliphatic carbocycles. The third kappa shape index (κ3) is 2.54. The minimum absolute atomic E-state index is 0.0888. The Hall–Kier alpha value is -1.01. The SMILES string of the molecule is O=C1NC(=C(CO)c2ccc(Cl)c(Cl)c2)C(=O)S1. The number of amides is 1. The molecule has 1 heterocycles. The molecule has 94 valence electrons. The summed E-state index contributed by atoms with van der Waals surface area (Å²) in [5.74, 6) is 0. The molecular weight excluding hydrogens is 297 g/mol. The summed E-state index contributed by atoms with van der Waals surface area (Å²) in [6.45, 7) is -0.389. The number of halogens is 2. The van der Waals surface area contributed by atoms with Crippen molar-refractivity contribution in [3.63, 3.8) is 0 Å². The molecule has 7 heteroatoms. The first-order valence-electron chi connectivity index (χ1n) is 4.85. The van der Waals surface area contributed by atoms with Crippen LogP contribution in [0.15, 0.2) is 23.9 Å². The molecule has 1 aliphatic heterocycles. The summed E-state index contributed by atoms with van der Waals surface area (Å²) in [4.78, 5) is 22.7. The number of aliphatic hydroxyl groups is 1. The van der Waals surface area contributed by atoms with E-state index in [2.05, 4.69) is 5.32 Å². The van der Waals surface area contributed by atoms with Gasteiger partial charge in [0.2, 0.25) is 5.12 Å². The minimum atomic E-state index is -0.457. The van der Waals surface area contributed by atoms with Gasteiger partial charge in [0.05, 0.1) is 16.7 Å². The molecule has 1 aromatic rings. The van der Waals surface area contributed by atoms with Crippen molar-refractivity contribution in [1.82, 2.24) is 5.32 Å². The van der Waals surface area contributed by atoms with Crippen LogP contribution < -0.4 is 5.32 Å². The molecule has 1 saturated heterocycles. The number of hydrogen-bond acceptors (Lipinski definition) is 4. The smallest absolute Gasteiger partial charge is 0.291 e. The van der Waals surface area contributed by atoms with Crippen LogP contribution >= 0.6 is 35.0 Å². The molecular formula is C11H7Cl2NO3S. The maximum atomic E-state index is 11.6. The van der Waals surface area contributed by atoms with Crippen LogP contribution in [0.4, 0.5) is 4.79 Å². The van der Waals surface area contributed by atoms with Gasteiger partial charge in [-0.1, -0.05) is 29.3 Å². The number of carbonyl (C=O) groups excluding carboxylic acids is 2. The van der Waals surface area contributed by atoms with E-state index in [1.165, 1.54) is 6.07 Å². The number of carbonyl (C=O) groups is 2. The second-order valence-corrected chi connectivity index (χ2v) is 5.20. The molecule has 2 rings (SSSR count). The molecule has 2 N–H and O–H groups in total. The van der Waals surface area contributed by atoms with Crippen molar-refractivity contribution >= 4 is 50.9 Å². The summed E-state index contributed by atoms with van der Waals surface area (Å²) >= 11 is 12.2. The van der Waals surface area contributed by atoms with E-state index in [-0.39, 0.29) is 12.3 Å². The van der Waals surface area contributed by atoms with Crippen molar-refractivity contribution in [3.8, 4) is 0 Å². The Morgan fingerprint density at radius 2 is 2.00 bits per heavy atom. The van der Waals surface area contributed by atoms with Crippen molar-refractivity contribution in [2.75, 3.05) is 6.61 Å². The molecule has 0 unspecified atom stereocenters. The second-order valence-electron chi connectivity index (χ2n) is 3.44. The normalized spacial score (nSPS) is 17.9. The fourth-order valence-electron chi connectivity index (χ4n) is 1.51. The van der Waals surface area contributed by atoms with Crippen molar-refractivity contribution in [3.05, 3.63) is 39.5 Å². The molecule has 1 aliphatic rings. The summed E-state index contributed by atoms with van der Waals surface area (Å²) in [6, 6.07) is 4.71. The highest BCUT2D eigenvalue weighted by atomic mass is 35.5. The van der Waals surface area contributed by atoms with E-state index in [1.807, 2.05) is 0 Å². The lowest BCUT2D eigenvalue weighted by Crippen LogP contribution is -2.14. The molecule has 0 aromatic heterocycles. The predicted octanol–water partition coefficient (Wildman–Crippen LogP) is 2.68. The summed E-state index contributed by atoms with van der Waals surface area (Å²) in [5.41, 5.74) is 0.945. The van der Waals surface area contributed by atoms with Gasteiger partial charge in [0.25, 0.3) is 5.24 Å². The fraction of sp³-hybridized carbons (Fsp3) is 0.0909. The average Bonchev–Trinajstić information content (AvgIpc) is 2.64. The van der Waals surface area contributed by atoms with Gasteiger partial charge in [0.1, 0.15) is 5.70 Å². The van der Waals surface area contributed by atoms with Crippen LogP contribution in [0.5, 0.6) is 0 Å². The molecule has 0 bridgehead atoms. The van der Waals surface area contributed by atoms with Gasteiger partial charge in [-0.05, 0) is 17.7 Å². The molecule has 0 spiro atoms. The first-order chi connectivity index (χ1) is 8.52. The van der Waals surface area contributed by atoms with Gasteiger partial charge in [-0.2, -0.15) is 0 Å². The Morgan fingerprint density at radius 1 is 1.28 bits per heavy atom. The highest BCUT2D eigenvalue weighted by molar-refractivity contribution is 8.27. The van der Waals surface area contributed by atoms with Gasteiger partial charge in [-0.25, -0.2) is 0 Å². The highest BCUT2D eigenvalue weighted by Gasteiger charge is 2.28. The van der Waals surface area contributed by atoms with Crippen LogP contribution in [0.1, 0.15) is 5.56 Å². The van der Waals surface area contributed by atoms with Gasteiger partial charge in [-0.3, -0.25) is 9.59 Å². The third-order valence-corrected chi connectivity index (χ3v) is 3.76. The third-order valence-electron chi connectivity index (χ3n) is 2.34. The summed E-state index contributed by atoms with van der Waals surface area (Å²) in [5, 5.41) is 11.6. The second kappa shape index (κ2) is 5.32. The van der Waals surface area contributed by atoms with Crippen LogP contribution in [0.2, 0.25) is 10.0 Å². The van der Waals surface area contributed by atoms with E-state index in [1.54, 1.807) is 12.1 Å². The molecule has 1 amide bonds. The summed E-state index contributed by atoms with van der Waals surface area (Å²) in [6.07, 6.45) is 0. The summed E-state index contributed by atoms with van der Waals surface area (Å²) < 4.78 is 0. The molecule has 0 saturated carbocycles. The maximum absolute atomic E-state index is 11.6. The van der Waals surface area contributed by atoms with Crippen LogP contribution in [0.25, 0.3) is 5.57 Å². The zero-order chi connectivity index (χ0) is 13.3. The Labute approximate surface area is 117 Å². The molecule has 0 radical (unpaired) electrons. The Balaban J connectivity index is 2.51. The summed E-state index contributed by atoms with van der Waals surface area (Å²) in [7, 11) is 0.